The summed E-state index contributed by atoms with van der Waals surface area (Å²) in [6.45, 7) is 1.99. The van der Waals surface area contributed by atoms with E-state index in [0.29, 0.717) is 23.0 Å². The quantitative estimate of drug-likeness (QED) is 0.551. The van der Waals surface area contributed by atoms with Crippen LogP contribution in [0.25, 0.3) is 0 Å². The van der Waals surface area contributed by atoms with Crippen LogP contribution in [-0.4, -0.2) is 17.8 Å². The number of fused-ring (bicyclic) bond motifs is 1. The molecule has 7 heteroatoms. The monoisotopic (exact) mass is 267 g/mol. The van der Waals surface area contributed by atoms with Crippen LogP contribution in [0.1, 0.15) is 13.3 Å². The molecular formula is C11H13N3O3S. The van der Waals surface area contributed by atoms with E-state index in [9.17, 15) is 4.79 Å². The molecule has 0 unspecified atom stereocenters. The zero-order valence-electron chi connectivity index (χ0n) is 9.78. The highest BCUT2D eigenvalue weighted by atomic mass is 32.1. The van der Waals surface area contributed by atoms with Gasteiger partial charge in [-0.2, -0.15) is 0 Å². The smallest absolute Gasteiger partial charge is 0.238 e. The van der Waals surface area contributed by atoms with E-state index < -0.39 is 0 Å². The number of thiocarbonyl (C=S) groups is 1. The average Bonchev–Trinajstić information content (AvgIpc) is 2.83. The molecule has 96 valence electrons. The highest BCUT2D eigenvalue weighted by Gasteiger charge is 2.13. The van der Waals surface area contributed by atoms with Gasteiger partial charge < -0.3 is 14.8 Å². The molecule has 0 fully saturated rings. The standard InChI is InChI=1S/C11H13N3O3S/c1-2-10(15)13-14-11(18)12-7-3-4-8-9(5-7)17-6-16-8/h3-5H,2,6H2,1H3,(H,13,15)(H2,12,14,18). The minimum absolute atomic E-state index is 0.134. The lowest BCUT2D eigenvalue weighted by atomic mass is 10.3. The number of amides is 1. The van der Waals surface area contributed by atoms with Crippen molar-refractivity contribution in [3.63, 3.8) is 0 Å². The molecule has 0 spiro atoms. The summed E-state index contributed by atoms with van der Waals surface area (Å²) in [6, 6.07) is 5.37. The van der Waals surface area contributed by atoms with Gasteiger partial charge in [-0.25, -0.2) is 0 Å². The molecule has 1 aromatic rings. The normalized spacial score (nSPS) is 11.8. The number of benzene rings is 1. The maximum absolute atomic E-state index is 11.0. The summed E-state index contributed by atoms with van der Waals surface area (Å²) in [7, 11) is 0. The fourth-order valence-electron chi connectivity index (χ4n) is 1.35. The Bertz CT molecular complexity index is 479. The van der Waals surface area contributed by atoms with Gasteiger partial charge in [0.25, 0.3) is 0 Å². The molecule has 2 rings (SSSR count). The Morgan fingerprint density at radius 1 is 1.33 bits per heavy atom. The maximum Gasteiger partial charge on any atom is 0.238 e. The molecule has 3 N–H and O–H groups in total. The largest absolute Gasteiger partial charge is 0.454 e. The van der Waals surface area contributed by atoms with Crippen molar-refractivity contribution in [1.82, 2.24) is 10.9 Å². The van der Waals surface area contributed by atoms with Crippen LogP contribution >= 0.6 is 12.2 Å². The fraction of sp³-hybridized carbons (Fsp3) is 0.273. The van der Waals surface area contributed by atoms with Gasteiger partial charge >= 0.3 is 0 Å². The second-order valence-electron chi connectivity index (χ2n) is 3.55. The van der Waals surface area contributed by atoms with Crippen LogP contribution in [0.5, 0.6) is 11.5 Å². The van der Waals surface area contributed by atoms with E-state index in [1.807, 2.05) is 6.07 Å². The Balaban J connectivity index is 1.89. The lowest BCUT2D eigenvalue weighted by molar-refractivity contribution is -0.121. The fourth-order valence-corrected chi connectivity index (χ4v) is 1.52. The predicted molar refractivity (Wildman–Crippen MR) is 70.4 cm³/mol. The lowest BCUT2D eigenvalue weighted by Crippen LogP contribution is -2.43. The van der Waals surface area contributed by atoms with E-state index in [1.54, 1.807) is 19.1 Å². The van der Waals surface area contributed by atoms with Crippen molar-refractivity contribution in [3.05, 3.63) is 18.2 Å². The van der Waals surface area contributed by atoms with Gasteiger partial charge in [-0.1, -0.05) is 6.92 Å². The van der Waals surface area contributed by atoms with E-state index in [2.05, 4.69) is 16.2 Å². The molecule has 0 radical (unpaired) electrons. The average molecular weight is 267 g/mol. The number of rotatable bonds is 2. The van der Waals surface area contributed by atoms with Crippen molar-refractivity contribution in [2.45, 2.75) is 13.3 Å². The zero-order valence-corrected chi connectivity index (χ0v) is 10.6. The Kier molecular flexibility index (Phi) is 3.83. The SMILES string of the molecule is CCC(=O)NNC(=S)Nc1ccc2c(c1)OCO2. The third-order valence-electron chi connectivity index (χ3n) is 2.27. The Hall–Kier alpha value is -2.02. The van der Waals surface area contributed by atoms with Crippen molar-refractivity contribution < 1.29 is 14.3 Å². The summed E-state index contributed by atoms with van der Waals surface area (Å²) in [5.74, 6) is 1.24. The molecule has 1 heterocycles. The number of hydrogen-bond acceptors (Lipinski definition) is 4. The van der Waals surface area contributed by atoms with Gasteiger partial charge in [-0.3, -0.25) is 15.6 Å². The van der Waals surface area contributed by atoms with E-state index in [-0.39, 0.29) is 12.7 Å². The van der Waals surface area contributed by atoms with E-state index in [4.69, 9.17) is 21.7 Å². The first-order chi connectivity index (χ1) is 8.69. The Labute approximate surface area is 110 Å². The molecule has 0 bridgehead atoms. The molecule has 1 aromatic carbocycles. The number of carbonyl (C=O) groups excluding carboxylic acids is 1. The first-order valence-corrected chi connectivity index (χ1v) is 5.85. The van der Waals surface area contributed by atoms with Crippen LogP contribution in [0.2, 0.25) is 0 Å². The third kappa shape index (κ3) is 3.01. The highest BCUT2D eigenvalue weighted by Crippen LogP contribution is 2.34. The molecule has 0 aromatic heterocycles. The number of ether oxygens (including phenoxy) is 2. The van der Waals surface area contributed by atoms with Crippen molar-refractivity contribution >= 4 is 28.9 Å². The molecule has 0 aliphatic carbocycles. The van der Waals surface area contributed by atoms with Crippen LogP contribution in [0.3, 0.4) is 0 Å². The summed E-state index contributed by atoms with van der Waals surface area (Å²) in [5, 5.41) is 3.22. The van der Waals surface area contributed by atoms with Crippen LogP contribution in [0, 0.1) is 0 Å². The third-order valence-corrected chi connectivity index (χ3v) is 2.47. The van der Waals surface area contributed by atoms with Gasteiger partial charge in [-0.05, 0) is 24.4 Å². The molecule has 1 aliphatic heterocycles. The van der Waals surface area contributed by atoms with E-state index >= 15 is 0 Å². The first kappa shape index (κ1) is 12.4. The van der Waals surface area contributed by atoms with Crippen molar-refractivity contribution in [3.8, 4) is 11.5 Å². The number of nitrogens with one attached hydrogen (secondary N) is 3. The summed E-state index contributed by atoms with van der Waals surface area (Å²) in [5.41, 5.74) is 5.81. The van der Waals surface area contributed by atoms with Gasteiger partial charge in [0.2, 0.25) is 12.7 Å². The Morgan fingerprint density at radius 3 is 2.89 bits per heavy atom. The minimum atomic E-state index is -0.134. The van der Waals surface area contributed by atoms with Gasteiger partial charge in [-0.15, -0.1) is 0 Å². The molecule has 6 nitrogen and oxygen atoms in total. The zero-order chi connectivity index (χ0) is 13.0. The van der Waals surface area contributed by atoms with E-state index in [1.165, 1.54) is 0 Å². The number of hydrazine groups is 1. The lowest BCUT2D eigenvalue weighted by Gasteiger charge is -2.11. The van der Waals surface area contributed by atoms with Gasteiger partial charge in [0.1, 0.15) is 0 Å². The molecule has 0 saturated heterocycles. The number of anilines is 1. The second kappa shape index (κ2) is 5.54. The minimum Gasteiger partial charge on any atom is -0.454 e. The van der Waals surface area contributed by atoms with Gasteiger partial charge in [0, 0.05) is 18.2 Å². The summed E-state index contributed by atoms with van der Waals surface area (Å²) in [4.78, 5) is 11.0. The maximum atomic E-state index is 11.0. The number of carbonyl (C=O) groups is 1. The van der Waals surface area contributed by atoms with E-state index in [0.717, 1.165) is 5.69 Å². The first-order valence-electron chi connectivity index (χ1n) is 5.44. The topological polar surface area (TPSA) is 71.6 Å². The van der Waals surface area contributed by atoms with Crippen LogP contribution in [0.15, 0.2) is 18.2 Å². The van der Waals surface area contributed by atoms with Crippen molar-refractivity contribution in [2.75, 3.05) is 12.1 Å². The van der Waals surface area contributed by atoms with Crippen LogP contribution in [-0.2, 0) is 4.79 Å². The molecule has 0 atom stereocenters. The molecule has 0 saturated carbocycles. The van der Waals surface area contributed by atoms with Crippen LogP contribution < -0.4 is 25.6 Å². The van der Waals surface area contributed by atoms with Gasteiger partial charge in [0.05, 0.1) is 0 Å². The number of hydrogen-bond donors (Lipinski definition) is 3. The van der Waals surface area contributed by atoms with Crippen molar-refractivity contribution in [2.24, 2.45) is 0 Å². The van der Waals surface area contributed by atoms with Crippen molar-refractivity contribution in [1.29, 1.82) is 0 Å². The summed E-state index contributed by atoms with van der Waals surface area (Å²) >= 11 is 5.02. The molecule has 1 amide bonds. The highest BCUT2D eigenvalue weighted by molar-refractivity contribution is 7.80. The second-order valence-corrected chi connectivity index (χ2v) is 3.96. The molecular weight excluding hydrogens is 254 g/mol. The van der Waals surface area contributed by atoms with Crippen LogP contribution in [0.4, 0.5) is 5.69 Å². The van der Waals surface area contributed by atoms with Gasteiger partial charge in [0.15, 0.2) is 16.6 Å². The Morgan fingerprint density at radius 2 is 2.11 bits per heavy atom. The summed E-state index contributed by atoms with van der Waals surface area (Å²) < 4.78 is 10.4. The summed E-state index contributed by atoms with van der Waals surface area (Å²) in [6.07, 6.45) is 0.389. The molecule has 18 heavy (non-hydrogen) atoms. The molecule has 1 aliphatic rings. The predicted octanol–water partition coefficient (Wildman–Crippen LogP) is 1.14.